The van der Waals surface area contributed by atoms with E-state index in [1.165, 1.54) is 0 Å². The van der Waals surface area contributed by atoms with Gasteiger partial charge < -0.3 is 10.1 Å². The molecule has 1 aromatic rings. The van der Waals surface area contributed by atoms with E-state index in [-0.39, 0.29) is 5.38 Å². The Morgan fingerprint density at radius 3 is 2.88 bits per heavy atom. The van der Waals surface area contributed by atoms with Crippen LogP contribution in [0.25, 0.3) is 0 Å². The number of nitrogens with one attached hydrogen (secondary N) is 1. The Balaban J connectivity index is 2.47. The summed E-state index contributed by atoms with van der Waals surface area (Å²) in [5, 5.41) is 3.59. The summed E-state index contributed by atoms with van der Waals surface area (Å²) in [6.45, 7) is 4.88. The summed E-state index contributed by atoms with van der Waals surface area (Å²) in [7, 11) is 1.64. The number of ether oxygens (including phenoxy) is 1. The van der Waals surface area contributed by atoms with Crippen molar-refractivity contribution in [2.45, 2.75) is 38.2 Å². The third-order valence-corrected chi connectivity index (χ3v) is 2.54. The minimum Gasteiger partial charge on any atom is -0.481 e. The molecule has 0 aliphatic heterocycles. The van der Waals surface area contributed by atoms with E-state index in [0.717, 1.165) is 18.5 Å². The Hall–Kier alpha value is -0.800. The lowest BCUT2D eigenvalue weighted by atomic mass is 10.2. The molecule has 0 fully saturated rings. The van der Waals surface area contributed by atoms with E-state index in [4.69, 9.17) is 16.3 Å². The molecule has 4 heteroatoms. The van der Waals surface area contributed by atoms with Crippen LogP contribution in [-0.2, 0) is 6.54 Å². The van der Waals surface area contributed by atoms with Gasteiger partial charge in [-0.05, 0) is 26.3 Å². The van der Waals surface area contributed by atoms with Crippen LogP contribution in [-0.4, -0.2) is 23.5 Å². The van der Waals surface area contributed by atoms with Crippen molar-refractivity contribution in [2.75, 3.05) is 7.11 Å². The molecule has 1 heterocycles. The minimum atomic E-state index is 0.193. The van der Waals surface area contributed by atoms with E-state index in [1.54, 1.807) is 13.3 Å². The number of hydrogen-bond acceptors (Lipinski definition) is 3. The van der Waals surface area contributed by atoms with Gasteiger partial charge in [-0.15, -0.1) is 11.6 Å². The lowest BCUT2D eigenvalue weighted by molar-refractivity contribution is 0.388. The van der Waals surface area contributed by atoms with Crippen molar-refractivity contribution in [3.8, 4) is 5.88 Å². The van der Waals surface area contributed by atoms with Gasteiger partial charge >= 0.3 is 0 Å². The third kappa shape index (κ3) is 4.37. The van der Waals surface area contributed by atoms with Crippen LogP contribution in [0.15, 0.2) is 18.3 Å². The number of nitrogens with zero attached hydrogens (tertiary/aromatic N) is 1. The van der Waals surface area contributed by atoms with Gasteiger partial charge in [0.1, 0.15) is 0 Å². The average molecular weight is 243 g/mol. The molecule has 1 rings (SSSR count). The number of pyridine rings is 1. The molecule has 0 saturated carbocycles. The number of rotatable bonds is 6. The van der Waals surface area contributed by atoms with E-state index in [2.05, 4.69) is 17.2 Å². The van der Waals surface area contributed by atoms with Crippen molar-refractivity contribution in [1.29, 1.82) is 0 Å². The van der Waals surface area contributed by atoms with Crippen LogP contribution < -0.4 is 10.1 Å². The second-order valence-electron chi connectivity index (χ2n) is 3.97. The number of methoxy groups -OCH3 is 1. The van der Waals surface area contributed by atoms with E-state index >= 15 is 0 Å². The molecule has 0 aliphatic carbocycles. The summed E-state index contributed by atoms with van der Waals surface area (Å²) >= 11 is 5.94. The molecule has 0 radical (unpaired) electrons. The van der Waals surface area contributed by atoms with Crippen LogP contribution in [0.5, 0.6) is 5.88 Å². The standard InChI is InChI=1S/C12H19ClN2O/c1-9(13)7-10(2)15-8-11-5-4-6-14-12(11)16-3/h4-6,9-10,15H,7-8H2,1-3H3. The first-order valence-corrected chi connectivity index (χ1v) is 5.92. The number of halogens is 1. The predicted molar refractivity (Wildman–Crippen MR) is 67.0 cm³/mol. The Morgan fingerprint density at radius 1 is 1.50 bits per heavy atom. The second-order valence-corrected chi connectivity index (χ2v) is 4.72. The number of aromatic nitrogens is 1. The minimum absolute atomic E-state index is 0.193. The second kappa shape index (κ2) is 6.71. The van der Waals surface area contributed by atoms with Crippen LogP contribution in [0, 0.1) is 0 Å². The van der Waals surface area contributed by atoms with Crippen molar-refractivity contribution in [2.24, 2.45) is 0 Å². The molecular weight excluding hydrogens is 224 g/mol. The highest BCUT2D eigenvalue weighted by Crippen LogP contribution is 2.13. The molecule has 1 N–H and O–H groups in total. The quantitative estimate of drug-likeness (QED) is 0.779. The molecule has 3 nitrogen and oxygen atoms in total. The summed E-state index contributed by atoms with van der Waals surface area (Å²) in [6, 6.07) is 4.31. The van der Waals surface area contributed by atoms with Crippen molar-refractivity contribution < 1.29 is 4.74 Å². The Kier molecular flexibility index (Phi) is 5.56. The topological polar surface area (TPSA) is 34.1 Å². The predicted octanol–water partition coefficient (Wildman–Crippen LogP) is 2.59. The van der Waals surface area contributed by atoms with Crippen LogP contribution in [0.2, 0.25) is 0 Å². The summed E-state index contributed by atoms with van der Waals surface area (Å²) in [6.07, 6.45) is 2.68. The highest BCUT2D eigenvalue weighted by molar-refractivity contribution is 6.20. The van der Waals surface area contributed by atoms with Gasteiger partial charge in [-0.25, -0.2) is 4.98 Å². The Bertz CT molecular complexity index is 318. The van der Waals surface area contributed by atoms with Crippen molar-refractivity contribution >= 4 is 11.6 Å². The monoisotopic (exact) mass is 242 g/mol. The maximum absolute atomic E-state index is 5.94. The van der Waals surface area contributed by atoms with Gasteiger partial charge in [-0.1, -0.05) is 6.07 Å². The molecule has 16 heavy (non-hydrogen) atoms. The van der Waals surface area contributed by atoms with Gasteiger partial charge in [0.25, 0.3) is 0 Å². The van der Waals surface area contributed by atoms with Crippen molar-refractivity contribution in [1.82, 2.24) is 10.3 Å². The molecule has 0 amide bonds. The molecule has 1 aromatic heterocycles. The summed E-state index contributed by atoms with van der Waals surface area (Å²) in [4.78, 5) is 4.15. The normalized spacial score (nSPS) is 14.5. The largest absolute Gasteiger partial charge is 0.481 e. The van der Waals surface area contributed by atoms with Crippen LogP contribution >= 0.6 is 11.6 Å². The van der Waals surface area contributed by atoms with E-state index < -0.39 is 0 Å². The fourth-order valence-electron chi connectivity index (χ4n) is 1.60. The lowest BCUT2D eigenvalue weighted by Gasteiger charge is -2.15. The van der Waals surface area contributed by atoms with Crippen molar-refractivity contribution in [3.05, 3.63) is 23.9 Å². The zero-order valence-electron chi connectivity index (χ0n) is 10.0. The SMILES string of the molecule is COc1ncccc1CNC(C)CC(C)Cl. The third-order valence-electron chi connectivity index (χ3n) is 2.36. The Labute approximate surface area is 102 Å². The highest BCUT2D eigenvalue weighted by atomic mass is 35.5. The van der Waals surface area contributed by atoms with Gasteiger partial charge in [0.15, 0.2) is 0 Å². The van der Waals surface area contributed by atoms with Crippen molar-refractivity contribution in [3.63, 3.8) is 0 Å². The average Bonchev–Trinajstić information content (AvgIpc) is 2.26. The van der Waals surface area contributed by atoms with Gasteiger partial charge in [-0.3, -0.25) is 0 Å². The molecular formula is C12H19ClN2O. The summed E-state index contributed by atoms with van der Waals surface area (Å²) < 4.78 is 5.18. The Morgan fingerprint density at radius 2 is 2.25 bits per heavy atom. The number of alkyl halides is 1. The fraction of sp³-hybridized carbons (Fsp3) is 0.583. The van der Waals surface area contributed by atoms with Gasteiger partial charge in [0.05, 0.1) is 7.11 Å². The molecule has 0 bridgehead atoms. The zero-order valence-corrected chi connectivity index (χ0v) is 10.8. The number of hydrogen-bond donors (Lipinski definition) is 1. The van der Waals surface area contributed by atoms with Gasteiger partial charge in [0, 0.05) is 29.7 Å². The maximum Gasteiger partial charge on any atom is 0.217 e. The van der Waals surface area contributed by atoms with E-state index in [0.29, 0.717) is 11.9 Å². The van der Waals surface area contributed by atoms with Crippen LogP contribution in [0.3, 0.4) is 0 Å². The van der Waals surface area contributed by atoms with E-state index in [9.17, 15) is 0 Å². The highest BCUT2D eigenvalue weighted by Gasteiger charge is 2.08. The molecule has 2 atom stereocenters. The first-order valence-electron chi connectivity index (χ1n) is 5.48. The van der Waals surface area contributed by atoms with Crippen LogP contribution in [0.1, 0.15) is 25.8 Å². The molecule has 0 saturated heterocycles. The summed E-state index contributed by atoms with van der Waals surface area (Å²) in [5.41, 5.74) is 1.07. The molecule has 0 spiro atoms. The molecule has 90 valence electrons. The smallest absolute Gasteiger partial charge is 0.217 e. The first kappa shape index (κ1) is 13.3. The molecule has 0 aromatic carbocycles. The molecule has 0 aliphatic rings. The lowest BCUT2D eigenvalue weighted by Crippen LogP contribution is -2.27. The van der Waals surface area contributed by atoms with Gasteiger partial charge in [0.2, 0.25) is 5.88 Å². The van der Waals surface area contributed by atoms with E-state index in [1.807, 2.05) is 19.1 Å². The maximum atomic E-state index is 5.94. The van der Waals surface area contributed by atoms with Crippen LogP contribution in [0.4, 0.5) is 0 Å². The zero-order chi connectivity index (χ0) is 12.0. The molecule has 2 unspecified atom stereocenters. The summed E-state index contributed by atoms with van der Waals surface area (Å²) in [5.74, 6) is 0.682. The first-order chi connectivity index (χ1) is 7.63. The van der Waals surface area contributed by atoms with Gasteiger partial charge in [-0.2, -0.15) is 0 Å². The fourth-order valence-corrected chi connectivity index (χ4v) is 1.86.